The van der Waals surface area contributed by atoms with Crippen LogP contribution in [0, 0.1) is 23.2 Å². The monoisotopic (exact) mass is 260 g/mol. The van der Waals surface area contributed by atoms with Gasteiger partial charge in [0.1, 0.15) is 11.4 Å². The SMILES string of the molecule is CC1=C[C@@H]2[C@H](C(C)=C1O)[C@@H]1C=C[C@]2(C)C(=O)[C@@]1(C)O. The van der Waals surface area contributed by atoms with E-state index in [1.54, 1.807) is 6.92 Å². The molecule has 2 bridgehead atoms. The summed E-state index contributed by atoms with van der Waals surface area (Å²) in [6.45, 7) is 7.27. The first-order chi connectivity index (χ1) is 8.71. The molecule has 1 saturated carbocycles. The number of rotatable bonds is 0. The largest absolute Gasteiger partial charge is 0.508 e. The minimum atomic E-state index is -1.34. The van der Waals surface area contributed by atoms with Gasteiger partial charge in [0.15, 0.2) is 5.78 Å². The molecule has 0 aromatic rings. The van der Waals surface area contributed by atoms with E-state index in [1.165, 1.54) is 0 Å². The molecule has 0 aromatic carbocycles. The molecule has 2 N–H and O–H groups in total. The first kappa shape index (κ1) is 12.7. The second-order valence-corrected chi connectivity index (χ2v) is 6.58. The summed E-state index contributed by atoms with van der Waals surface area (Å²) in [5.74, 6) is -0.00288. The van der Waals surface area contributed by atoms with Gasteiger partial charge in [0.05, 0.1) is 5.41 Å². The van der Waals surface area contributed by atoms with E-state index in [2.05, 4.69) is 0 Å². The maximum atomic E-state index is 12.6. The predicted octanol–water partition coefficient (Wildman–Crippen LogP) is 2.54. The lowest BCUT2D eigenvalue weighted by Gasteiger charge is -2.56. The number of hydrogen-bond donors (Lipinski definition) is 2. The fourth-order valence-corrected chi connectivity index (χ4v) is 4.22. The molecule has 5 atom stereocenters. The van der Waals surface area contributed by atoms with Crippen LogP contribution in [0.2, 0.25) is 0 Å². The minimum Gasteiger partial charge on any atom is -0.508 e. The van der Waals surface area contributed by atoms with Crippen LogP contribution in [-0.4, -0.2) is 21.6 Å². The highest BCUT2D eigenvalue weighted by Gasteiger charge is 2.63. The third-order valence-corrected chi connectivity index (χ3v) is 5.39. The Bertz CT molecular complexity index is 565. The summed E-state index contributed by atoms with van der Waals surface area (Å²) in [6, 6.07) is 0. The molecular weight excluding hydrogens is 240 g/mol. The van der Waals surface area contributed by atoms with Gasteiger partial charge in [-0.2, -0.15) is 0 Å². The lowest BCUT2D eigenvalue weighted by Crippen LogP contribution is -2.64. The Morgan fingerprint density at radius 3 is 2.47 bits per heavy atom. The molecule has 0 amide bonds. The molecule has 3 heteroatoms. The normalized spacial score (nSPS) is 48.4. The van der Waals surface area contributed by atoms with E-state index < -0.39 is 11.0 Å². The van der Waals surface area contributed by atoms with Crippen LogP contribution in [0.15, 0.2) is 35.1 Å². The number of Topliss-reactive ketones (excluding diaryl/α,β-unsaturated/α-hetero) is 1. The Morgan fingerprint density at radius 1 is 1.21 bits per heavy atom. The number of allylic oxidation sites excluding steroid dienone is 4. The highest BCUT2D eigenvalue weighted by atomic mass is 16.3. The van der Waals surface area contributed by atoms with Crippen LogP contribution < -0.4 is 0 Å². The third kappa shape index (κ3) is 1.29. The topological polar surface area (TPSA) is 57.5 Å². The van der Waals surface area contributed by atoms with Gasteiger partial charge < -0.3 is 10.2 Å². The van der Waals surface area contributed by atoms with Crippen molar-refractivity contribution < 1.29 is 15.0 Å². The van der Waals surface area contributed by atoms with Gasteiger partial charge in [-0.3, -0.25) is 4.79 Å². The Hall–Kier alpha value is -1.35. The number of hydrogen-bond acceptors (Lipinski definition) is 3. The van der Waals surface area contributed by atoms with E-state index in [-0.39, 0.29) is 23.5 Å². The van der Waals surface area contributed by atoms with Gasteiger partial charge in [0.25, 0.3) is 0 Å². The first-order valence-electron chi connectivity index (χ1n) is 6.76. The number of aliphatic hydroxyl groups is 2. The minimum absolute atomic E-state index is 0.00593. The molecular formula is C16H20O3. The second-order valence-electron chi connectivity index (χ2n) is 6.58. The summed E-state index contributed by atoms with van der Waals surface area (Å²) >= 11 is 0. The molecule has 4 aliphatic carbocycles. The van der Waals surface area contributed by atoms with Gasteiger partial charge in [-0.15, -0.1) is 0 Å². The Morgan fingerprint density at radius 2 is 1.84 bits per heavy atom. The fraction of sp³-hybridized carbons (Fsp3) is 0.562. The summed E-state index contributed by atoms with van der Waals surface area (Å²) < 4.78 is 0. The number of ketones is 1. The van der Waals surface area contributed by atoms with Crippen molar-refractivity contribution in [3.63, 3.8) is 0 Å². The Labute approximate surface area is 113 Å². The number of fused-ring (bicyclic) bond motifs is 1. The van der Waals surface area contributed by atoms with E-state index >= 15 is 0 Å². The Kier molecular flexibility index (Phi) is 2.27. The number of carbonyl (C=O) groups is 1. The lowest BCUT2D eigenvalue weighted by molar-refractivity contribution is -0.163. The number of aliphatic hydroxyl groups excluding tert-OH is 1. The summed E-state index contributed by atoms with van der Waals surface area (Å²) in [5, 5.41) is 20.7. The van der Waals surface area contributed by atoms with Crippen LogP contribution in [0.1, 0.15) is 27.7 Å². The van der Waals surface area contributed by atoms with Gasteiger partial charge in [0.2, 0.25) is 0 Å². The van der Waals surface area contributed by atoms with Gasteiger partial charge in [-0.1, -0.05) is 18.2 Å². The van der Waals surface area contributed by atoms with Gasteiger partial charge in [0, 0.05) is 17.8 Å². The van der Waals surface area contributed by atoms with E-state index in [0.717, 1.165) is 11.1 Å². The predicted molar refractivity (Wildman–Crippen MR) is 72.4 cm³/mol. The van der Waals surface area contributed by atoms with E-state index in [4.69, 9.17) is 0 Å². The lowest BCUT2D eigenvalue weighted by atomic mass is 9.47. The molecule has 0 heterocycles. The molecule has 4 rings (SSSR count). The summed E-state index contributed by atoms with van der Waals surface area (Å²) in [6.07, 6.45) is 5.89. The zero-order chi connectivity index (χ0) is 14.2. The van der Waals surface area contributed by atoms with Gasteiger partial charge in [-0.05, 0) is 38.8 Å². The molecule has 0 aromatic heterocycles. The fourth-order valence-electron chi connectivity index (χ4n) is 4.22. The summed E-state index contributed by atoms with van der Waals surface area (Å²) in [4.78, 5) is 12.6. The molecule has 102 valence electrons. The van der Waals surface area contributed by atoms with Crippen LogP contribution >= 0.6 is 0 Å². The molecule has 0 unspecified atom stereocenters. The third-order valence-electron chi connectivity index (χ3n) is 5.39. The van der Waals surface area contributed by atoms with Crippen molar-refractivity contribution in [1.29, 1.82) is 0 Å². The average molecular weight is 260 g/mol. The maximum absolute atomic E-state index is 12.6. The van der Waals surface area contributed by atoms with Crippen molar-refractivity contribution in [3.8, 4) is 0 Å². The van der Waals surface area contributed by atoms with Crippen LogP contribution in [0.25, 0.3) is 0 Å². The van der Waals surface area contributed by atoms with E-state index in [1.807, 2.05) is 39.0 Å². The molecule has 0 radical (unpaired) electrons. The summed E-state index contributed by atoms with van der Waals surface area (Å²) in [5.41, 5.74) is -0.302. The molecule has 3 nitrogen and oxygen atoms in total. The van der Waals surface area contributed by atoms with Gasteiger partial charge >= 0.3 is 0 Å². The first-order valence-corrected chi connectivity index (χ1v) is 6.76. The van der Waals surface area contributed by atoms with E-state index in [9.17, 15) is 15.0 Å². The van der Waals surface area contributed by atoms with Crippen LogP contribution in [-0.2, 0) is 4.79 Å². The quantitative estimate of drug-likeness (QED) is 0.658. The van der Waals surface area contributed by atoms with Crippen molar-refractivity contribution in [2.24, 2.45) is 23.2 Å². The Balaban J connectivity index is 2.24. The number of carbonyl (C=O) groups excluding carboxylic acids is 1. The molecule has 1 fully saturated rings. The van der Waals surface area contributed by atoms with Crippen LogP contribution in [0.4, 0.5) is 0 Å². The van der Waals surface area contributed by atoms with Crippen molar-refractivity contribution in [2.75, 3.05) is 0 Å². The van der Waals surface area contributed by atoms with E-state index in [0.29, 0.717) is 5.76 Å². The van der Waals surface area contributed by atoms with Crippen LogP contribution in [0.3, 0.4) is 0 Å². The summed E-state index contributed by atoms with van der Waals surface area (Å²) in [7, 11) is 0. The molecule has 4 aliphatic rings. The van der Waals surface area contributed by atoms with Gasteiger partial charge in [-0.25, -0.2) is 0 Å². The van der Waals surface area contributed by atoms with Crippen molar-refractivity contribution in [3.05, 3.63) is 35.1 Å². The zero-order valence-electron chi connectivity index (χ0n) is 11.8. The standard InChI is InChI=1S/C16H20O3/c1-8-7-11-12(9(2)13(8)17)10-5-6-15(11,3)14(18)16(10,4)19/h5-7,10-12,17,19H,1-4H3/t10-,11+,12+,15-,16-/m0/s1. The molecule has 0 aliphatic heterocycles. The highest BCUT2D eigenvalue weighted by Crippen LogP contribution is 2.58. The van der Waals surface area contributed by atoms with Crippen molar-refractivity contribution >= 4 is 5.78 Å². The van der Waals surface area contributed by atoms with Crippen molar-refractivity contribution in [1.82, 2.24) is 0 Å². The average Bonchev–Trinajstić information content (AvgIpc) is 2.34. The molecule has 0 spiro atoms. The highest BCUT2D eigenvalue weighted by molar-refractivity contribution is 5.97. The van der Waals surface area contributed by atoms with Crippen LogP contribution in [0.5, 0.6) is 0 Å². The molecule has 0 saturated heterocycles. The second kappa shape index (κ2) is 3.40. The maximum Gasteiger partial charge on any atom is 0.174 e. The van der Waals surface area contributed by atoms with Crippen molar-refractivity contribution in [2.45, 2.75) is 33.3 Å². The zero-order valence-corrected chi connectivity index (χ0v) is 11.8. The molecule has 19 heavy (non-hydrogen) atoms. The smallest absolute Gasteiger partial charge is 0.174 e.